The van der Waals surface area contributed by atoms with Crippen molar-refractivity contribution in [2.75, 3.05) is 0 Å². The van der Waals surface area contributed by atoms with Gasteiger partial charge in [0.05, 0.1) is 5.76 Å². The van der Waals surface area contributed by atoms with E-state index in [1.165, 1.54) is 0 Å². The van der Waals surface area contributed by atoms with Crippen molar-refractivity contribution in [3.8, 4) is 0 Å². The molecule has 4 heteroatoms. The number of allylic oxidation sites excluding steroid dienone is 4. The van der Waals surface area contributed by atoms with Crippen LogP contribution < -0.4 is 0 Å². The average Bonchev–Trinajstić information content (AvgIpc) is 1.78. The molecule has 0 bridgehead atoms. The van der Waals surface area contributed by atoms with E-state index in [1.807, 2.05) is 0 Å². The van der Waals surface area contributed by atoms with Gasteiger partial charge in [-0.3, -0.25) is 0 Å². The van der Waals surface area contributed by atoms with E-state index in [-0.39, 0.29) is 5.76 Å². The normalized spacial score (nSPS) is 33.1. The number of halogens is 3. The maximum absolute atomic E-state index is 9.04. The fourth-order valence-electron chi connectivity index (χ4n) is 0.662. The lowest BCUT2D eigenvalue weighted by Gasteiger charge is -2.21. The van der Waals surface area contributed by atoms with Gasteiger partial charge in [-0.05, 0) is 12.2 Å². The van der Waals surface area contributed by atoms with Crippen LogP contribution in [0.3, 0.4) is 0 Å². The minimum atomic E-state index is -0.647. The topological polar surface area (TPSA) is 20.2 Å². The largest absolute Gasteiger partial charge is 0.512 e. The maximum Gasteiger partial charge on any atom is 0.137 e. The summed E-state index contributed by atoms with van der Waals surface area (Å²) in [5.41, 5.74) is 0. The van der Waals surface area contributed by atoms with Gasteiger partial charge in [0.2, 0.25) is 0 Å². The first-order valence-corrected chi connectivity index (χ1v) is 4.62. The highest BCUT2D eigenvalue weighted by atomic mass is 79.9. The van der Waals surface area contributed by atoms with E-state index in [4.69, 9.17) is 16.7 Å². The molecule has 1 aliphatic carbocycles. The molecule has 1 unspecified atom stereocenters. The molecule has 0 radical (unpaired) electrons. The number of alkyl halides is 2. The third kappa shape index (κ3) is 1.77. The number of hydrogen-bond donors (Lipinski definition) is 1. The highest BCUT2D eigenvalue weighted by molar-refractivity contribution is 9.14. The van der Waals surface area contributed by atoms with E-state index >= 15 is 0 Å². The second-order valence-electron chi connectivity index (χ2n) is 2.05. The van der Waals surface area contributed by atoms with Crippen LogP contribution in [0.25, 0.3) is 0 Å². The first-order chi connectivity index (χ1) is 4.52. The standard InChI is InChI=1S/C6H5Br2ClO/c7-5-2-1-4(10)3-6(5,8)9/h1-2,10H,3H2. The van der Waals surface area contributed by atoms with E-state index in [2.05, 4.69) is 31.9 Å². The second-order valence-corrected chi connectivity index (χ2v) is 5.36. The Bertz CT molecular complexity index is 208. The fourth-order valence-corrected chi connectivity index (χ4v) is 1.55. The first kappa shape index (κ1) is 8.62. The quantitative estimate of drug-likeness (QED) is 0.677. The van der Waals surface area contributed by atoms with Crippen LogP contribution in [0.2, 0.25) is 0 Å². The molecule has 1 N–H and O–H groups in total. The lowest BCUT2D eigenvalue weighted by molar-refractivity contribution is 0.385. The summed E-state index contributed by atoms with van der Waals surface area (Å²) in [6.45, 7) is 0. The highest BCUT2D eigenvalue weighted by Crippen LogP contribution is 2.43. The van der Waals surface area contributed by atoms with Gasteiger partial charge in [-0.1, -0.05) is 31.9 Å². The molecule has 0 aliphatic heterocycles. The smallest absolute Gasteiger partial charge is 0.137 e. The van der Waals surface area contributed by atoms with E-state index in [0.717, 1.165) is 4.48 Å². The van der Waals surface area contributed by atoms with Gasteiger partial charge in [-0.25, -0.2) is 0 Å². The summed E-state index contributed by atoms with van der Waals surface area (Å²) < 4.78 is 0.186. The Labute approximate surface area is 81.0 Å². The predicted molar refractivity (Wildman–Crippen MR) is 49.8 cm³/mol. The molecule has 56 valence electrons. The van der Waals surface area contributed by atoms with Crippen LogP contribution in [0, 0.1) is 0 Å². The van der Waals surface area contributed by atoms with Gasteiger partial charge >= 0.3 is 0 Å². The summed E-state index contributed by atoms with van der Waals surface area (Å²) in [6, 6.07) is 0. The summed E-state index contributed by atoms with van der Waals surface area (Å²) in [5.74, 6) is 0.287. The highest BCUT2D eigenvalue weighted by Gasteiger charge is 2.30. The molecule has 0 aromatic carbocycles. The summed E-state index contributed by atoms with van der Waals surface area (Å²) in [7, 11) is 0. The SMILES string of the molecule is OC1=CC=C(Br)C(Cl)(Br)C1. The molecule has 0 amide bonds. The number of aliphatic hydroxyl groups excluding tert-OH is 1. The Balaban J connectivity index is 2.89. The molecule has 1 nitrogen and oxygen atoms in total. The summed E-state index contributed by atoms with van der Waals surface area (Å²) in [6.07, 6.45) is 3.75. The van der Waals surface area contributed by atoms with Crippen molar-refractivity contribution in [1.82, 2.24) is 0 Å². The predicted octanol–water partition coefficient (Wildman–Crippen LogP) is 3.44. The second kappa shape index (κ2) is 2.88. The van der Waals surface area contributed by atoms with Crippen LogP contribution in [0.15, 0.2) is 22.4 Å². The molecule has 1 atom stereocenters. The minimum absolute atomic E-state index is 0.287. The first-order valence-electron chi connectivity index (χ1n) is 2.66. The van der Waals surface area contributed by atoms with E-state index in [9.17, 15) is 0 Å². The third-order valence-electron chi connectivity index (χ3n) is 1.17. The molecular weight excluding hydrogens is 283 g/mol. The molecular formula is C6H5Br2ClO. The maximum atomic E-state index is 9.04. The Hall–Kier alpha value is 0.530. The molecule has 10 heavy (non-hydrogen) atoms. The van der Waals surface area contributed by atoms with Crippen molar-refractivity contribution in [1.29, 1.82) is 0 Å². The molecule has 0 aromatic rings. The summed E-state index contributed by atoms with van der Waals surface area (Å²) in [5, 5.41) is 9.04. The molecule has 0 aromatic heterocycles. The van der Waals surface area contributed by atoms with E-state index in [1.54, 1.807) is 12.2 Å². The molecule has 0 fully saturated rings. The molecule has 1 aliphatic rings. The summed E-state index contributed by atoms with van der Waals surface area (Å²) in [4.78, 5) is 0. The Morgan fingerprint density at radius 3 is 2.60 bits per heavy atom. The van der Waals surface area contributed by atoms with Crippen LogP contribution in [0.5, 0.6) is 0 Å². The van der Waals surface area contributed by atoms with E-state index < -0.39 is 3.78 Å². The van der Waals surface area contributed by atoms with Gasteiger partial charge in [0.15, 0.2) is 0 Å². The Morgan fingerprint density at radius 2 is 2.20 bits per heavy atom. The number of hydrogen-bond acceptors (Lipinski definition) is 1. The van der Waals surface area contributed by atoms with Crippen LogP contribution >= 0.6 is 43.5 Å². The molecule has 0 saturated heterocycles. The van der Waals surface area contributed by atoms with Gasteiger partial charge in [0.25, 0.3) is 0 Å². The molecule has 0 heterocycles. The van der Waals surface area contributed by atoms with Crippen molar-refractivity contribution in [3.05, 3.63) is 22.4 Å². The lowest BCUT2D eigenvalue weighted by Crippen LogP contribution is -2.15. The molecule has 0 saturated carbocycles. The van der Waals surface area contributed by atoms with Crippen molar-refractivity contribution in [2.45, 2.75) is 10.2 Å². The zero-order valence-electron chi connectivity index (χ0n) is 4.94. The van der Waals surface area contributed by atoms with Gasteiger partial charge in [-0.2, -0.15) is 0 Å². The van der Waals surface area contributed by atoms with Crippen LogP contribution in [-0.2, 0) is 0 Å². The van der Waals surface area contributed by atoms with Crippen LogP contribution in [-0.4, -0.2) is 8.89 Å². The third-order valence-corrected chi connectivity index (χ3v) is 3.92. The zero-order chi connectivity index (χ0) is 7.78. The Morgan fingerprint density at radius 1 is 1.60 bits per heavy atom. The lowest BCUT2D eigenvalue weighted by atomic mass is 10.1. The minimum Gasteiger partial charge on any atom is -0.512 e. The summed E-state index contributed by atoms with van der Waals surface area (Å²) >= 11 is 12.4. The average molecular weight is 288 g/mol. The van der Waals surface area contributed by atoms with Crippen molar-refractivity contribution in [2.24, 2.45) is 0 Å². The Kier molecular flexibility index (Phi) is 2.48. The van der Waals surface area contributed by atoms with Gasteiger partial charge in [0, 0.05) is 10.9 Å². The van der Waals surface area contributed by atoms with Gasteiger partial charge in [0.1, 0.15) is 3.78 Å². The van der Waals surface area contributed by atoms with Crippen LogP contribution in [0.1, 0.15) is 6.42 Å². The monoisotopic (exact) mass is 286 g/mol. The molecule has 1 rings (SSSR count). The fraction of sp³-hybridized carbons (Fsp3) is 0.333. The van der Waals surface area contributed by atoms with Crippen molar-refractivity contribution < 1.29 is 5.11 Å². The number of rotatable bonds is 0. The van der Waals surface area contributed by atoms with Crippen LogP contribution in [0.4, 0.5) is 0 Å². The molecule has 0 spiro atoms. The van der Waals surface area contributed by atoms with E-state index in [0.29, 0.717) is 6.42 Å². The zero-order valence-corrected chi connectivity index (χ0v) is 8.87. The number of aliphatic hydroxyl groups is 1. The van der Waals surface area contributed by atoms with Crippen molar-refractivity contribution >= 4 is 43.5 Å². The van der Waals surface area contributed by atoms with Gasteiger partial charge < -0.3 is 5.11 Å². The van der Waals surface area contributed by atoms with Crippen molar-refractivity contribution in [3.63, 3.8) is 0 Å². The van der Waals surface area contributed by atoms with Gasteiger partial charge in [-0.15, -0.1) is 11.6 Å².